The number of aromatic nitrogens is 4. The minimum absolute atomic E-state index is 0.360. The summed E-state index contributed by atoms with van der Waals surface area (Å²) in [6.07, 6.45) is 0. The molecule has 4 aromatic rings. The molecule has 0 fully saturated rings. The fourth-order valence-electron chi connectivity index (χ4n) is 2.51. The predicted molar refractivity (Wildman–Crippen MR) is 92.0 cm³/mol. The molecule has 0 spiro atoms. The first-order chi connectivity index (χ1) is 11.7. The second kappa shape index (κ2) is 5.94. The Bertz CT molecular complexity index is 977. The molecule has 0 aliphatic carbocycles. The Morgan fingerprint density at radius 1 is 0.958 bits per heavy atom. The zero-order valence-electron chi connectivity index (χ0n) is 12.8. The lowest BCUT2D eigenvalue weighted by molar-refractivity contribution is 0.432. The van der Waals surface area contributed by atoms with Gasteiger partial charge in [0.05, 0.1) is 11.4 Å². The van der Waals surface area contributed by atoms with Crippen molar-refractivity contribution in [2.75, 3.05) is 0 Å². The smallest absolute Gasteiger partial charge is 0.263 e. The molecular formula is C18H13ClN4O. The van der Waals surface area contributed by atoms with E-state index in [1.807, 2.05) is 67.6 Å². The molecule has 0 saturated carbocycles. The summed E-state index contributed by atoms with van der Waals surface area (Å²) < 4.78 is 7.08. The molecule has 0 N–H and O–H groups in total. The van der Waals surface area contributed by atoms with Gasteiger partial charge in [-0.15, -0.1) is 0 Å². The number of rotatable bonds is 3. The lowest BCUT2D eigenvalue weighted by Gasteiger charge is -2.01. The average Bonchev–Trinajstić information content (AvgIpc) is 3.21. The largest absolute Gasteiger partial charge is 0.333 e. The normalized spacial score (nSPS) is 10.9. The lowest BCUT2D eigenvalue weighted by Crippen LogP contribution is -1.95. The van der Waals surface area contributed by atoms with Crippen LogP contribution >= 0.6 is 11.6 Å². The van der Waals surface area contributed by atoms with Crippen LogP contribution in [0, 0.1) is 6.92 Å². The summed E-state index contributed by atoms with van der Waals surface area (Å²) >= 11 is 6.53. The number of nitrogens with zero attached hydrogens (tertiary/aromatic N) is 4. The molecule has 4 rings (SSSR count). The molecule has 0 radical (unpaired) electrons. The summed E-state index contributed by atoms with van der Waals surface area (Å²) in [5.74, 6) is 0.882. The van der Waals surface area contributed by atoms with Crippen LogP contribution in [0.1, 0.15) is 5.69 Å². The van der Waals surface area contributed by atoms with E-state index in [0.717, 1.165) is 16.9 Å². The molecule has 0 bridgehead atoms. The highest BCUT2D eigenvalue weighted by Crippen LogP contribution is 2.32. The van der Waals surface area contributed by atoms with Crippen molar-refractivity contribution in [3.8, 4) is 28.5 Å². The average molecular weight is 337 g/mol. The minimum Gasteiger partial charge on any atom is -0.333 e. The van der Waals surface area contributed by atoms with Crippen LogP contribution in [0.2, 0.25) is 5.15 Å². The summed E-state index contributed by atoms with van der Waals surface area (Å²) in [6, 6.07) is 19.3. The van der Waals surface area contributed by atoms with Gasteiger partial charge in [0.15, 0.2) is 0 Å². The number of aryl methyl sites for hydroxylation is 1. The number of para-hydroxylation sites is 1. The van der Waals surface area contributed by atoms with Crippen molar-refractivity contribution in [1.29, 1.82) is 0 Å². The maximum Gasteiger partial charge on any atom is 0.263 e. The minimum atomic E-state index is 0.360. The molecule has 2 heterocycles. The van der Waals surface area contributed by atoms with Crippen molar-refractivity contribution < 1.29 is 4.52 Å². The molecule has 5 nitrogen and oxygen atoms in total. The van der Waals surface area contributed by atoms with Gasteiger partial charge in [0.1, 0.15) is 10.7 Å². The Morgan fingerprint density at radius 2 is 1.62 bits per heavy atom. The Labute approximate surface area is 143 Å². The molecule has 0 saturated heterocycles. The molecule has 0 atom stereocenters. The van der Waals surface area contributed by atoms with Gasteiger partial charge in [0.25, 0.3) is 5.89 Å². The van der Waals surface area contributed by atoms with E-state index in [9.17, 15) is 0 Å². The molecule has 0 aliphatic heterocycles. The Morgan fingerprint density at radius 3 is 2.33 bits per heavy atom. The molecule has 0 aliphatic rings. The van der Waals surface area contributed by atoms with Gasteiger partial charge in [0, 0.05) is 5.56 Å². The van der Waals surface area contributed by atoms with Crippen LogP contribution in [-0.4, -0.2) is 19.9 Å². The van der Waals surface area contributed by atoms with E-state index >= 15 is 0 Å². The van der Waals surface area contributed by atoms with Gasteiger partial charge in [-0.3, -0.25) is 0 Å². The topological polar surface area (TPSA) is 56.7 Å². The van der Waals surface area contributed by atoms with Gasteiger partial charge in [-0.25, -0.2) is 4.68 Å². The Hall–Kier alpha value is -2.92. The SMILES string of the molecule is Cc1nn(-c2ccccc2)c(Cl)c1-c1nc(-c2ccccc2)no1. The van der Waals surface area contributed by atoms with Crippen LogP contribution < -0.4 is 0 Å². The van der Waals surface area contributed by atoms with Crippen LogP contribution in [0.5, 0.6) is 0 Å². The van der Waals surface area contributed by atoms with Gasteiger partial charge in [-0.05, 0) is 19.1 Å². The predicted octanol–water partition coefficient (Wildman–Crippen LogP) is 4.55. The van der Waals surface area contributed by atoms with Gasteiger partial charge < -0.3 is 4.52 Å². The number of halogens is 1. The molecule has 0 unspecified atom stereocenters. The fraction of sp³-hybridized carbons (Fsp3) is 0.0556. The fourth-order valence-corrected chi connectivity index (χ4v) is 2.86. The first-order valence-corrected chi connectivity index (χ1v) is 7.82. The number of hydrogen-bond donors (Lipinski definition) is 0. The molecule has 6 heteroatoms. The first kappa shape index (κ1) is 14.7. The van der Waals surface area contributed by atoms with Gasteiger partial charge >= 0.3 is 0 Å². The second-order valence-electron chi connectivity index (χ2n) is 5.29. The van der Waals surface area contributed by atoms with E-state index < -0.39 is 0 Å². The molecule has 118 valence electrons. The third-order valence-electron chi connectivity index (χ3n) is 3.68. The van der Waals surface area contributed by atoms with E-state index in [1.165, 1.54) is 0 Å². The summed E-state index contributed by atoms with van der Waals surface area (Å²) in [5.41, 5.74) is 3.14. The van der Waals surface area contributed by atoms with Crippen LogP contribution in [0.3, 0.4) is 0 Å². The number of hydrogen-bond acceptors (Lipinski definition) is 4. The van der Waals surface area contributed by atoms with Gasteiger partial charge in [-0.1, -0.05) is 65.3 Å². The van der Waals surface area contributed by atoms with Crippen molar-refractivity contribution in [3.05, 3.63) is 71.5 Å². The summed E-state index contributed by atoms with van der Waals surface area (Å²) in [7, 11) is 0. The summed E-state index contributed by atoms with van der Waals surface area (Å²) in [5, 5.41) is 8.99. The van der Waals surface area contributed by atoms with Gasteiger partial charge in [0.2, 0.25) is 5.82 Å². The third-order valence-corrected chi connectivity index (χ3v) is 4.03. The first-order valence-electron chi connectivity index (χ1n) is 7.44. The van der Waals surface area contributed by atoms with Crippen LogP contribution in [0.4, 0.5) is 0 Å². The van der Waals surface area contributed by atoms with Gasteiger partial charge in [-0.2, -0.15) is 10.1 Å². The van der Waals surface area contributed by atoms with Crippen molar-refractivity contribution in [2.24, 2.45) is 0 Å². The highest BCUT2D eigenvalue weighted by atomic mass is 35.5. The third kappa shape index (κ3) is 2.49. The van der Waals surface area contributed by atoms with E-state index in [4.69, 9.17) is 16.1 Å². The van der Waals surface area contributed by atoms with Crippen molar-refractivity contribution in [1.82, 2.24) is 19.9 Å². The maximum atomic E-state index is 6.53. The van der Waals surface area contributed by atoms with Crippen molar-refractivity contribution in [3.63, 3.8) is 0 Å². The lowest BCUT2D eigenvalue weighted by atomic mass is 10.2. The van der Waals surface area contributed by atoms with Crippen LogP contribution in [0.15, 0.2) is 65.2 Å². The van der Waals surface area contributed by atoms with Crippen molar-refractivity contribution in [2.45, 2.75) is 6.92 Å². The van der Waals surface area contributed by atoms with E-state index in [2.05, 4.69) is 15.2 Å². The monoisotopic (exact) mass is 336 g/mol. The molecule has 0 amide bonds. The molecule has 24 heavy (non-hydrogen) atoms. The summed E-state index contributed by atoms with van der Waals surface area (Å²) in [4.78, 5) is 4.46. The molecular weight excluding hydrogens is 324 g/mol. The van der Waals surface area contributed by atoms with E-state index in [1.54, 1.807) is 4.68 Å². The zero-order valence-corrected chi connectivity index (χ0v) is 13.6. The molecule has 2 aromatic heterocycles. The number of benzene rings is 2. The zero-order chi connectivity index (χ0) is 16.5. The highest BCUT2D eigenvalue weighted by Gasteiger charge is 2.21. The highest BCUT2D eigenvalue weighted by molar-refractivity contribution is 6.32. The van der Waals surface area contributed by atoms with E-state index in [-0.39, 0.29) is 0 Å². The van der Waals surface area contributed by atoms with Crippen LogP contribution in [0.25, 0.3) is 28.5 Å². The molecule has 2 aromatic carbocycles. The second-order valence-corrected chi connectivity index (χ2v) is 5.65. The van der Waals surface area contributed by atoms with E-state index in [0.29, 0.717) is 22.4 Å². The van der Waals surface area contributed by atoms with Crippen LogP contribution in [-0.2, 0) is 0 Å². The maximum absolute atomic E-state index is 6.53. The Kier molecular flexibility index (Phi) is 3.63. The van der Waals surface area contributed by atoms with Crippen molar-refractivity contribution >= 4 is 11.6 Å². The summed E-state index contributed by atoms with van der Waals surface area (Å²) in [6.45, 7) is 1.87. The standard InChI is InChI=1S/C18H13ClN4O/c1-12-15(16(19)23(21-12)14-10-6-3-7-11-14)18-20-17(22-24-18)13-8-4-2-5-9-13/h2-11H,1H3. The Balaban J connectivity index is 1.78. The quantitative estimate of drug-likeness (QED) is 0.550.